The highest BCUT2D eigenvalue weighted by molar-refractivity contribution is 5.89. The van der Waals surface area contributed by atoms with E-state index < -0.39 is 0 Å². The zero-order valence-corrected chi connectivity index (χ0v) is 13.2. The Kier molecular flexibility index (Phi) is 8.51. The highest BCUT2D eigenvalue weighted by Crippen LogP contribution is 2.07. The van der Waals surface area contributed by atoms with Gasteiger partial charge in [-0.2, -0.15) is 0 Å². The first kappa shape index (κ1) is 17.5. The first-order chi connectivity index (χ1) is 10.1. The average Bonchev–Trinajstić information content (AvgIpc) is 2.47. The quantitative estimate of drug-likeness (QED) is 0.394. The molecule has 0 aliphatic rings. The topological polar surface area (TPSA) is 64.3 Å². The summed E-state index contributed by atoms with van der Waals surface area (Å²) in [6, 6.07) is 7.31. The Bertz CT molecular complexity index is 404. The van der Waals surface area contributed by atoms with Gasteiger partial charge in [0.25, 0.3) is 0 Å². The van der Waals surface area contributed by atoms with Crippen LogP contribution in [0.2, 0.25) is 0 Å². The zero-order chi connectivity index (χ0) is 15.5. The van der Waals surface area contributed by atoms with Crippen LogP contribution >= 0.6 is 0 Å². The molecular weight excluding hydrogens is 264 g/mol. The molecule has 21 heavy (non-hydrogen) atoms. The number of rotatable bonds is 10. The van der Waals surface area contributed by atoms with Gasteiger partial charge in [0.05, 0.1) is 12.2 Å². The van der Waals surface area contributed by atoms with Gasteiger partial charge in [0.15, 0.2) is 0 Å². The Morgan fingerprint density at radius 3 is 2.62 bits per heavy atom. The van der Waals surface area contributed by atoms with E-state index in [9.17, 15) is 4.79 Å². The molecule has 0 aliphatic carbocycles. The van der Waals surface area contributed by atoms with Gasteiger partial charge in [-0.25, -0.2) is 4.79 Å². The van der Waals surface area contributed by atoms with E-state index >= 15 is 0 Å². The summed E-state index contributed by atoms with van der Waals surface area (Å²) in [6.45, 7) is 5.74. The molecule has 0 saturated heterocycles. The first-order valence-electron chi connectivity index (χ1n) is 7.89. The summed E-state index contributed by atoms with van der Waals surface area (Å²) in [6.07, 6.45) is 5.87. The third-order valence-electron chi connectivity index (χ3n) is 3.43. The Labute approximate surface area is 128 Å². The maximum Gasteiger partial charge on any atom is 0.338 e. The third-order valence-corrected chi connectivity index (χ3v) is 3.43. The van der Waals surface area contributed by atoms with Crippen molar-refractivity contribution in [3.05, 3.63) is 29.8 Å². The van der Waals surface area contributed by atoms with Crippen molar-refractivity contribution in [1.82, 2.24) is 5.32 Å². The molecule has 4 heteroatoms. The summed E-state index contributed by atoms with van der Waals surface area (Å²) in [5.74, 6) is -0.286. The smallest absolute Gasteiger partial charge is 0.338 e. The summed E-state index contributed by atoms with van der Waals surface area (Å²) in [7, 11) is 0. The standard InChI is InChI=1S/C17H28N2O2/c1-3-4-5-7-14(2)19-12-6-13-21-17(20)15-8-10-16(18)11-9-15/h8-11,14,19H,3-7,12-13,18H2,1-2H3. The molecule has 0 amide bonds. The molecule has 0 saturated carbocycles. The van der Waals surface area contributed by atoms with Crippen molar-refractivity contribution in [3.63, 3.8) is 0 Å². The molecule has 0 spiro atoms. The molecule has 0 radical (unpaired) electrons. The number of carbonyl (C=O) groups excluding carboxylic acids is 1. The van der Waals surface area contributed by atoms with E-state index in [1.54, 1.807) is 24.3 Å². The Hall–Kier alpha value is -1.55. The second-order valence-corrected chi connectivity index (χ2v) is 5.46. The normalized spacial score (nSPS) is 12.1. The molecule has 0 fully saturated rings. The SMILES string of the molecule is CCCCCC(C)NCCCOC(=O)c1ccc(N)cc1. The van der Waals surface area contributed by atoms with E-state index in [0.717, 1.165) is 13.0 Å². The fourth-order valence-corrected chi connectivity index (χ4v) is 2.09. The summed E-state index contributed by atoms with van der Waals surface area (Å²) >= 11 is 0. The van der Waals surface area contributed by atoms with Crippen molar-refractivity contribution in [3.8, 4) is 0 Å². The van der Waals surface area contributed by atoms with Crippen molar-refractivity contribution >= 4 is 11.7 Å². The van der Waals surface area contributed by atoms with Crippen LogP contribution in [0.5, 0.6) is 0 Å². The van der Waals surface area contributed by atoms with Gasteiger partial charge < -0.3 is 15.8 Å². The van der Waals surface area contributed by atoms with E-state index in [4.69, 9.17) is 10.5 Å². The molecule has 1 atom stereocenters. The van der Waals surface area contributed by atoms with Crippen LogP contribution in [-0.2, 0) is 4.74 Å². The Balaban J connectivity index is 2.08. The highest BCUT2D eigenvalue weighted by Gasteiger charge is 2.06. The third kappa shape index (κ3) is 7.71. The van der Waals surface area contributed by atoms with Gasteiger partial charge in [-0.1, -0.05) is 26.2 Å². The number of carbonyl (C=O) groups is 1. The van der Waals surface area contributed by atoms with Gasteiger partial charge in [0, 0.05) is 11.7 Å². The highest BCUT2D eigenvalue weighted by atomic mass is 16.5. The van der Waals surface area contributed by atoms with Gasteiger partial charge >= 0.3 is 5.97 Å². The second kappa shape index (κ2) is 10.2. The molecule has 1 aromatic rings. The van der Waals surface area contributed by atoms with Crippen LogP contribution in [0.3, 0.4) is 0 Å². The minimum Gasteiger partial charge on any atom is -0.462 e. The largest absolute Gasteiger partial charge is 0.462 e. The molecule has 0 aliphatic heterocycles. The molecule has 1 rings (SSSR count). The monoisotopic (exact) mass is 292 g/mol. The fraction of sp³-hybridized carbons (Fsp3) is 0.588. The predicted molar refractivity (Wildman–Crippen MR) is 87.4 cm³/mol. The summed E-state index contributed by atoms with van der Waals surface area (Å²) in [5, 5.41) is 3.45. The fourth-order valence-electron chi connectivity index (χ4n) is 2.09. The van der Waals surface area contributed by atoms with Crippen LogP contribution in [0.1, 0.15) is 56.3 Å². The lowest BCUT2D eigenvalue weighted by atomic mass is 10.1. The van der Waals surface area contributed by atoms with Gasteiger partial charge in [-0.3, -0.25) is 0 Å². The van der Waals surface area contributed by atoms with Crippen molar-refractivity contribution < 1.29 is 9.53 Å². The summed E-state index contributed by atoms with van der Waals surface area (Å²) < 4.78 is 5.23. The van der Waals surface area contributed by atoms with Crippen LogP contribution in [0.4, 0.5) is 5.69 Å². The van der Waals surface area contributed by atoms with Crippen LogP contribution in [0.25, 0.3) is 0 Å². The lowest BCUT2D eigenvalue weighted by Gasteiger charge is -2.13. The molecule has 4 nitrogen and oxygen atoms in total. The maximum atomic E-state index is 11.7. The summed E-state index contributed by atoms with van der Waals surface area (Å²) in [5.41, 5.74) is 6.77. The van der Waals surface area contributed by atoms with Crippen molar-refractivity contribution in [1.29, 1.82) is 0 Å². The second-order valence-electron chi connectivity index (χ2n) is 5.46. The molecule has 118 valence electrons. The van der Waals surface area contributed by atoms with Gasteiger partial charge in [-0.15, -0.1) is 0 Å². The lowest BCUT2D eigenvalue weighted by Crippen LogP contribution is -2.27. The van der Waals surface area contributed by atoms with Crippen molar-refractivity contribution in [2.45, 2.75) is 52.0 Å². The number of nitrogens with two attached hydrogens (primary N) is 1. The molecule has 3 N–H and O–H groups in total. The number of ether oxygens (including phenoxy) is 1. The van der Waals surface area contributed by atoms with Crippen molar-refractivity contribution in [2.75, 3.05) is 18.9 Å². The van der Waals surface area contributed by atoms with Gasteiger partial charge in [0.2, 0.25) is 0 Å². The summed E-state index contributed by atoms with van der Waals surface area (Å²) in [4.78, 5) is 11.7. The molecule has 0 bridgehead atoms. The van der Waals surface area contributed by atoms with E-state index in [0.29, 0.717) is 23.9 Å². The molecule has 1 aromatic carbocycles. The Morgan fingerprint density at radius 2 is 1.95 bits per heavy atom. The van der Waals surface area contributed by atoms with E-state index in [1.165, 1.54) is 25.7 Å². The van der Waals surface area contributed by atoms with Crippen LogP contribution in [0, 0.1) is 0 Å². The average molecular weight is 292 g/mol. The van der Waals surface area contributed by atoms with E-state index in [1.807, 2.05) is 0 Å². The maximum absolute atomic E-state index is 11.7. The first-order valence-corrected chi connectivity index (χ1v) is 7.89. The Morgan fingerprint density at radius 1 is 1.24 bits per heavy atom. The number of nitrogens with one attached hydrogen (secondary N) is 1. The van der Waals surface area contributed by atoms with E-state index in [2.05, 4.69) is 19.2 Å². The van der Waals surface area contributed by atoms with E-state index in [-0.39, 0.29) is 5.97 Å². The van der Waals surface area contributed by atoms with Crippen LogP contribution < -0.4 is 11.1 Å². The molecule has 0 aromatic heterocycles. The number of unbranched alkanes of at least 4 members (excludes halogenated alkanes) is 2. The minimum absolute atomic E-state index is 0.286. The zero-order valence-electron chi connectivity index (χ0n) is 13.2. The molecule has 0 heterocycles. The molecular formula is C17H28N2O2. The molecule has 1 unspecified atom stereocenters. The van der Waals surface area contributed by atoms with Crippen LogP contribution in [0.15, 0.2) is 24.3 Å². The minimum atomic E-state index is -0.286. The number of anilines is 1. The van der Waals surface area contributed by atoms with Gasteiger partial charge in [-0.05, 0) is 50.6 Å². The van der Waals surface area contributed by atoms with Crippen molar-refractivity contribution in [2.24, 2.45) is 0 Å². The number of hydrogen-bond acceptors (Lipinski definition) is 4. The number of hydrogen-bond donors (Lipinski definition) is 2. The number of esters is 1. The lowest BCUT2D eigenvalue weighted by molar-refractivity contribution is 0.0500. The van der Waals surface area contributed by atoms with Gasteiger partial charge in [0.1, 0.15) is 0 Å². The predicted octanol–water partition coefficient (Wildman–Crippen LogP) is 3.37. The van der Waals surface area contributed by atoms with Crippen LogP contribution in [-0.4, -0.2) is 25.2 Å². The number of nitrogen functional groups attached to an aromatic ring is 1. The number of benzene rings is 1.